The minimum Gasteiger partial charge on any atom is -0.308 e. The van der Waals surface area contributed by atoms with Crippen molar-refractivity contribution in [1.29, 1.82) is 0 Å². The Morgan fingerprint density at radius 2 is 1.72 bits per heavy atom. The normalized spacial score (nSPS) is 11.1. The van der Waals surface area contributed by atoms with Crippen LogP contribution in [-0.4, -0.2) is 14.2 Å². The van der Waals surface area contributed by atoms with Gasteiger partial charge in [0.05, 0.1) is 12.2 Å². The van der Waals surface area contributed by atoms with E-state index in [1.165, 1.54) is 5.56 Å². The van der Waals surface area contributed by atoms with Crippen molar-refractivity contribution in [1.82, 2.24) is 14.2 Å². The molecule has 25 heavy (non-hydrogen) atoms. The Balaban J connectivity index is 1.73. The number of hydrogen-bond acceptors (Lipinski definition) is 2. The fourth-order valence-corrected chi connectivity index (χ4v) is 2.93. The van der Waals surface area contributed by atoms with E-state index in [0.717, 1.165) is 16.8 Å². The zero-order chi connectivity index (χ0) is 17.4. The molecule has 4 nitrogen and oxygen atoms in total. The van der Waals surface area contributed by atoms with Crippen molar-refractivity contribution in [3.05, 3.63) is 93.5 Å². The van der Waals surface area contributed by atoms with Gasteiger partial charge in [-0.25, -0.2) is 4.52 Å². The van der Waals surface area contributed by atoms with Crippen molar-refractivity contribution < 1.29 is 0 Å². The molecule has 0 N–H and O–H groups in total. The van der Waals surface area contributed by atoms with E-state index in [-0.39, 0.29) is 5.56 Å². The first-order valence-corrected chi connectivity index (χ1v) is 8.38. The highest BCUT2D eigenvalue weighted by molar-refractivity contribution is 6.30. The third kappa shape index (κ3) is 3.08. The summed E-state index contributed by atoms with van der Waals surface area (Å²) in [5.41, 5.74) is 4.50. The van der Waals surface area contributed by atoms with Gasteiger partial charge in [0, 0.05) is 23.0 Å². The van der Waals surface area contributed by atoms with Crippen LogP contribution in [0.25, 0.3) is 16.8 Å². The van der Waals surface area contributed by atoms with E-state index < -0.39 is 0 Å². The number of benzene rings is 2. The Bertz CT molecular complexity index is 1090. The summed E-state index contributed by atoms with van der Waals surface area (Å²) in [6.07, 6.45) is 3.57. The van der Waals surface area contributed by atoms with Crippen LogP contribution < -0.4 is 5.56 Å². The Hall–Kier alpha value is -2.85. The average molecular weight is 350 g/mol. The number of aromatic nitrogens is 3. The summed E-state index contributed by atoms with van der Waals surface area (Å²) >= 11 is 5.91. The molecule has 0 saturated heterocycles. The van der Waals surface area contributed by atoms with Crippen LogP contribution in [-0.2, 0) is 6.54 Å². The molecule has 0 aliphatic heterocycles. The number of nitrogens with zero attached hydrogens (tertiary/aromatic N) is 3. The maximum atomic E-state index is 12.8. The first kappa shape index (κ1) is 15.7. The number of fused-ring (bicyclic) bond motifs is 1. The average Bonchev–Trinajstić information content (AvgIpc) is 3.05. The smallest absolute Gasteiger partial charge is 0.276 e. The Labute approximate surface area is 149 Å². The van der Waals surface area contributed by atoms with Crippen LogP contribution in [0.4, 0.5) is 0 Å². The number of aryl methyl sites for hydroxylation is 1. The van der Waals surface area contributed by atoms with Gasteiger partial charge in [0.15, 0.2) is 0 Å². The van der Waals surface area contributed by atoms with Gasteiger partial charge in [-0.1, -0.05) is 53.6 Å². The molecule has 2 aromatic heterocycles. The monoisotopic (exact) mass is 349 g/mol. The Morgan fingerprint density at radius 1 is 1.00 bits per heavy atom. The molecule has 5 heteroatoms. The quantitative estimate of drug-likeness (QED) is 0.556. The molecular weight excluding hydrogens is 334 g/mol. The van der Waals surface area contributed by atoms with Crippen LogP contribution >= 0.6 is 11.6 Å². The van der Waals surface area contributed by atoms with Crippen LogP contribution in [0.3, 0.4) is 0 Å². The van der Waals surface area contributed by atoms with E-state index in [2.05, 4.69) is 5.10 Å². The van der Waals surface area contributed by atoms with Gasteiger partial charge in [-0.15, -0.1) is 0 Å². The molecule has 124 valence electrons. The molecule has 0 amide bonds. The van der Waals surface area contributed by atoms with Crippen LogP contribution in [0.1, 0.15) is 11.1 Å². The lowest BCUT2D eigenvalue weighted by molar-refractivity contribution is 0.743. The first-order valence-electron chi connectivity index (χ1n) is 8.00. The van der Waals surface area contributed by atoms with Crippen molar-refractivity contribution in [2.24, 2.45) is 0 Å². The van der Waals surface area contributed by atoms with Gasteiger partial charge >= 0.3 is 0 Å². The second-order valence-corrected chi connectivity index (χ2v) is 6.52. The Morgan fingerprint density at radius 3 is 2.44 bits per heavy atom. The van der Waals surface area contributed by atoms with Gasteiger partial charge in [-0.05, 0) is 30.7 Å². The van der Waals surface area contributed by atoms with Crippen molar-refractivity contribution in [2.45, 2.75) is 13.5 Å². The van der Waals surface area contributed by atoms with E-state index in [0.29, 0.717) is 17.1 Å². The molecule has 2 aromatic carbocycles. The highest BCUT2D eigenvalue weighted by Crippen LogP contribution is 2.19. The summed E-state index contributed by atoms with van der Waals surface area (Å²) in [5, 5.41) is 5.20. The molecule has 0 aliphatic carbocycles. The molecule has 0 aliphatic rings. The topological polar surface area (TPSA) is 39.3 Å². The molecular formula is C20H16ClN3O. The molecule has 0 fully saturated rings. The summed E-state index contributed by atoms with van der Waals surface area (Å²) < 4.78 is 3.31. The van der Waals surface area contributed by atoms with Gasteiger partial charge in [-0.3, -0.25) is 4.79 Å². The molecule has 0 radical (unpaired) electrons. The SMILES string of the molecule is Cc1ccc(-c2cc3c(=O)n(Cc4ccc(Cl)cc4)ccn3n2)cc1. The van der Waals surface area contributed by atoms with E-state index in [9.17, 15) is 4.79 Å². The summed E-state index contributed by atoms with van der Waals surface area (Å²) in [4.78, 5) is 12.8. The van der Waals surface area contributed by atoms with Crippen LogP contribution in [0, 0.1) is 6.92 Å². The lowest BCUT2D eigenvalue weighted by Gasteiger charge is -2.06. The largest absolute Gasteiger partial charge is 0.308 e. The molecule has 2 heterocycles. The van der Waals surface area contributed by atoms with Crippen molar-refractivity contribution in [3.63, 3.8) is 0 Å². The Kier molecular flexibility index (Phi) is 3.90. The number of hydrogen-bond donors (Lipinski definition) is 0. The lowest BCUT2D eigenvalue weighted by Crippen LogP contribution is -2.21. The molecule has 0 bridgehead atoms. The minimum absolute atomic E-state index is 0.0664. The summed E-state index contributed by atoms with van der Waals surface area (Å²) in [6.45, 7) is 2.54. The van der Waals surface area contributed by atoms with Crippen molar-refractivity contribution in [3.8, 4) is 11.3 Å². The second-order valence-electron chi connectivity index (χ2n) is 6.08. The van der Waals surface area contributed by atoms with Gasteiger partial charge in [0.1, 0.15) is 5.52 Å². The maximum absolute atomic E-state index is 12.8. The van der Waals surface area contributed by atoms with E-state index in [4.69, 9.17) is 11.6 Å². The van der Waals surface area contributed by atoms with E-state index in [1.807, 2.05) is 67.7 Å². The minimum atomic E-state index is -0.0664. The molecule has 4 rings (SSSR count). The third-order valence-electron chi connectivity index (χ3n) is 4.22. The lowest BCUT2D eigenvalue weighted by atomic mass is 10.1. The van der Waals surface area contributed by atoms with E-state index >= 15 is 0 Å². The predicted octanol–water partition coefficient (Wildman–Crippen LogP) is 4.17. The molecule has 4 aromatic rings. The zero-order valence-electron chi connectivity index (χ0n) is 13.7. The van der Waals surface area contributed by atoms with Crippen LogP contribution in [0.5, 0.6) is 0 Å². The molecule has 0 saturated carbocycles. The number of halogens is 1. The second kappa shape index (κ2) is 6.22. The summed E-state index contributed by atoms with van der Waals surface area (Å²) in [5.74, 6) is 0. The maximum Gasteiger partial charge on any atom is 0.276 e. The standard InChI is InChI=1S/C20H16ClN3O/c1-14-2-6-16(7-3-14)18-12-19-20(25)23(10-11-24(19)22-18)13-15-4-8-17(21)9-5-15/h2-12H,13H2,1H3. The predicted molar refractivity (Wildman–Crippen MR) is 100 cm³/mol. The molecule has 0 spiro atoms. The molecule has 0 atom stereocenters. The van der Waals surface area contributed by atoms with E-state index in [1.54, 1.807) is 15.3 Å². The van der Waals surface area contributed by atoms with Gasteiger partial charge in [0.2, 0.25) is 0 Å². The van der Waals surface area contributed by atoms with Crippen molar-refractivity contribution >= 4 is 17.1 Å². The first-order chi connectivity index (χ1) is 12.1. The fourth-order valence-electron chi connectivity index (χ4n) is 2.80. The van der Waals surface area contributed by atoms with Crippen LogP contribution in [0.15, 0.2) is 71.8 Å². The summed E-state index contributed by atoms with van der Waals surface area (Å²) in [6, 6.07) is 17.5. The van der Waals surface area contributed by atoms with Gasteiger partial charge in [-0.2, -0.15) is 5.10 Å². The van der Waals surface area contributed by atoms with Gasteiger partial charge in [0.25, 0.3) is 5.56 Å². The third-order valence-corrected chi connectivity index (χ3v) is 4.47. The molecule has 0 unspecified atom stereocenters. The summed E-state index contributed by atoms with van der Waals surface area (Å²) in [7, 11) is 0. The fraction of sp³-hybridized carbons (Fsp3) is 0.100. The van der Waals surface area contributed by atoms with Crippen LogP contribution in [0.2, 0.25) is 5.02 Å². The number of rotatable bonds is 3. The highest BCUT2D eigenvalue weighted by Gasteiger charge is 2.09. The van der Waals surface area contributed by atoms with Gasteiger partial charge < -0.3 is 4.57 Å². The van der Waals surface area contributed by atoms with Crippen molar-refractivity contribution in [2.75, 3.05) is 0 Å². The zero-order valence-corrected chi connectivity index (χ0v) is 14.4. The highest BCUT2D eigenvalue weighted by atomic mass is 35.5.